The van der Waals surface area contributed by atoms with E-state index in [4.69, 9.17) is 9.84 Å². The van der Waals surface area contributed by atoms with Crippen molar-refractivity contribution in [3.05, 3.63) is 12.4 Å². The largest absolute Gasteiger partial charge is 0.481 e. The normalized spacial score (nSPS) is 21.7. The molecule has 1 aliphatic rings. The molecule has 1 fully saturated rings. The summed E-state index contributed by atoms with van der Waals surface area (Å²) in [5.41, 5.74) is 0.578. The predicted molar refractivity (Wildman–Crippen MR) is 70.4 cm³/mol. The van der Waals surface area contributed by atoms with Crippen LogP contribution in [0.5, 0.6) is 0 Å². The minimum absolute atomic E-state index is 0.130. The summed E-state index contributed by atoms with van der Waals surface area (Å²) in [7, 11) is 1.56. The van der Waals surface area contributed by atoms with Gasteiger partial charge in [0.1, 0.15) is 5.92 Å². The van der Waals surface area contributed by atoms with Crippen molar-refractivity contribution < 1.29 is 19.4 Å². The summed E-state index contributed by atoms with van der Waals surface area (Å²) in [6.07, 6.45) is 3.26. The number of carbonyl (C=O) groups excluding carboxylic acids is 1. The van der Waals surface area contributed by atoms with Gasteiger partial charge in [-0.2, -0.15) is 5.10 Å². The summed E-state index contributed by atoms with van der Waals surface area (Å²) < 4.78 is 6.84. The second-order valence-electron chi connectivity index (χ2n) is 4.68. The summed E-state index contributed by atoms with van der Waals surface area (Å²) in [5.74, 6) is -1.64. The summed E-state index contributed by atoms with van der Waals surface area (Å²) >= 11 is 0. The van der Waals surface area contributed by atoms with Gasteiger partial charge in [0.05, 0.1) is 31.1 Å². The molecule has 0 aromatic carbocycles. The van der Waals surface area contributed by atoms with E-state index in [9.17, 15) is 9.59 Å². The molecule has 2 N–H and O–H groups in total. The number of nitrogens with one attached hydrogen (secondary N) is 1. The highest BCUT2D eigenvalue weighted by Gasteiger charge is 2.38. The van der Waals surface area contributed by atoms with Crippen LogP contribution in [0.2, 0.25) is 0 Å². The van der Waals surface area contributed by atoms with E-state index in [2.05, 4.69) is 10.4 Å². The maximum atomic E-state index is 12.1. The highest BCUT2D eigenvalue weighted by atomic mass is 16.5. The standard InChI is InChI=1S/C12H18N4O4/c1-3-16-5-8(4-13-16)14-12(19)15(2)10-7-20-6-9(10)11(17)18/h4-5,9-10H,3,6-7H2,1-2H3,(H,14,19)(H,17,18). The Kier molecular flexibility index (Phi) is 4.23. The molecule has 8 heteroatoms. The van der Waals surface area contributed by atoms with Crippen LogP contribution in [-0.4, -0.2) is 58.1 Å². The Morgan fingerprint density at radius 2 is 2.35 bits per heavy atom. The highest BCUT2D eigenvalue weighted by molar-refractivity contribution is 5.89. The first-order valence-electron chi connectivity index (χ1n) is 6.39. The predicted octanol–water partition coefficient (Wildman–Crippen LogP) is 0.466. The van der Waals surface area contributed by atoms with Crippen LogP contribution in [0.1, 0.15) is 6.92 Å². The fraction of sp³-hybridized carbons (Fsp3) is 0.583. The summed E-state index contributed by atoms with van der Waals surface area (Å²) in [4.78, 5) is 24.6. The van der Waals surface area contributed by atoms with E-state index in [0.717, 1.165) is 0 Å². The van der Waals surface area contributed by atoms with Crippen molar-refractivity contribution in [3.8, 4) is 0 Å². The lowest BCUT2D eigenvalue weighted by molar-refractivity contribution is -0.142. The Labute approximate surface area is 116 Å². The van der Waals surface area contributed by atoms with E-state index >= 15 is 0 Å². The average molecular weight is 282 g/mol. The second-order valence-corrected chi connectivity index (χ2v) is 4.68. The number of anilines is 1. The first-order chi connectivity index (χ1) is 9.52. The number of amides is 2. The van der Waals surface area contributed by atoms with Gasteiger partial charge in [-0.1, -0.05) is 0 Å². The number of ether oxygens (including phenoxy) is 1. The molecule has 2 atom stereocenters. The third-order valence-corrected chi connectivity index (χ3v) is 3.39. The number of aromatic nitrogens is 2. The Hall–Kier alpha value is -2.09. The molecular formula is C12H18N4O4. The molecular weight excluding hydrogens is 264 g/mol. The Bertz CT molecular complexity index is 501. The molecule has 2 unspecified atom stereocenters. The Balaban J connectivity index is 1.99. The van der Waals surface area contributed by atoms with Crippen LogP contribution in [0.3, 0.4) is 0 Å². The fourth-order valence-electron chi connectivity index (χ4n) is 2.12. The highest BCUT2D eigenvalue weighted by Crippen LogP contribution is 2.19. The van der Waals surface area contributed by atoms with Crippen LogP contribution < -0.4 is 5.32 Å². The first-order valence-corrected chi connectivity index (χ1v) is 6.39. The molecule has 0 aliphatic carbocycles. The average Bonchev–Trinajstić information content (AvgIpc) is 3.06. The van der Waals surface area contributed by atoms with Gasteiger partial charge in [-0.3, -0.25) is 9.48 Å². The van der Waals surface area contributed by atoms with E-state index in [1.807, 2.05) is 6.92 Å². The van der Waals surface area contributed by atoms with E-state index in [1.165, 1.54) is 4.90 Å². The second kappa shape index (κ2) is 5.91. The van der Waals surface area contributed by atoms with Crippen LogP contribution in [0.4, 0.5) is 10.5 Å². The van der Waals surface area contributed by atoms with Crippen molar-refractivity contribution in [2.24, 2.45) is 5.92 Å². The number of hydrogen-bond donors (Lipinski definition) is 2. The van der Waals surface area contributed by atoms with E-state index in [-0.39, 0.29) is 19.2 Å². The molecule has 0 saturated carbocycles. The zero-order chi connectivity index (χ0) is 14.7. The number of hydrogen-bond acceptors (Lipinski definition) is 4. The van der Waals surface area contributed by atoms with Crippen LogP contribution in [0.25, 0.3) is 0 Å². The van der Waals surface area contributed by atoms with Crippen molar-refractivity contribution in [3.63, 3.8) is 0 Å². The number of aliphatic carboxylic acids is 1. The lowest BCUT2D eigenvalue weighted by Gasteiger charge is -2.26. The maximum absolute atomic E-state index is 12.1. The number of carboxylic acids is 1. The van der Waals surface area contributed by atoms with Crippen molar-refractivity contribution >= 4 is 17.7 Å². The SMILES string of the molecule is CCn1cc(NC(=O)N(C)C2COCC2C(=O)O)cn1. The van der Waals surface area contributed by atoms with Gasteiger partial charge in [-0.05, 0) is 6.92 Å². The van der Waals surface area contributed by atoms with Crippen LogP contribution in [-0.2, 0) is 16.1 Å². The number of carboxylic acid groups (broad SMARTS) is 1. The molecule has 2 rings (SSSR count). The van der Waals surface area contributed by atoms with Crippen molar-refractivity contribution in [1.82, 2.24) is 14.7 Å². The molecule has 8 nitrogen and oxygen atoms in total. The molecule has 0 bridgehead atoms. The molecule has 110 valence electrons. The third kappa shape index (κ3) is 2.90. The maximum Gasteiger partial charge on any atom is 0.322 e. The van der Waals surface area contributed by atoms with Gasteiger partial charge in [-0.25, -0.2) is 4.79 Å². The van der Waals surface area contributed by atoms with Crippen molar-refractivity contribution in [1.29, 1.82) is 0 Å². The number of rotatable bonds is 4. The summed E-state index contributed by atoms with van der Waals surface area (Å²) in [6, 6.07) is -0.837. The first kappa shape index (κ1) is 14.3. The Morgan fingerprint density at radius 3 is 2.95 bits per heavy atom. The van der Waals surface area contributed by atoms with E-state index in [1.54, 1.807) is 24.1 Å². The molecule has 20 heavy (non-hydrogen) atoms. The lowest BCUT2D eigenvalue weighted by atomic mass is 10.0. The fourth-order valence-corrected chi connectivity index (χ4v) is 2.12. The molecule has 2 amide bonds. The van der Waals surface area contributed by atoms with Gasteiger partial charge < -0.3 is 20.1 Å². The van der Waals surface area contributed by atoms with Crippen molar-refractivity contribution in [2.75, 3.05) is 25.6 Å². The third-order valence-electron chi connectivity index (χ3n) is 3.39. The number of carbonyl (C=O) groups is 2. The zero-order valence-corrected chi connectivity index (χ0v) is 11.4. The van der Waals surface area contributed by atoms with Crippen LogP contribution in [0.15, 0.2) is 12.4 Å². The van der Waals surface area contributed by atoms with Gasteiger partial charge in [-0.15, -0.1) is 0 Å². The number of aryl methyl sites for hydroxylation is 1. The monoisotopic (exact) mass is 282 g/mol. The number of likely N-dealkylation sites (N-methyl/N-ethyl adjacent to an activating group) is 1. The van der Waals surface area contributed by atoms with Crippen LogP contribution >= 0.6 is 0 Å². The zero-order valence-electron chi connectivity index (χ0n) is 11.4. The molecule has 2 heterocycles. The topological polar surface area (TPSA) is 96.7 Å². The van der Waals surface area contributed by atoms with Gasteiger partial charge in [0, 0.05) is 19.8 Å². The number of urea groups is 1. The molecule has 1 aromatic heterocycles. The summed E-state index contributed by atoms with van der Waals surface area (Å²) in [6.45, 7) is 3.02. The molecule has 1 aromatic rings. The van der Waals surface area contributed by atoms with E-state index < -0.39 is 17.9 Å². The van der Waals surface area contributed by atoms with Crippen LogP contribution in [0, 0.1) is 5.92 Å². The van der Waals surface area contributed by atoms with Gasteiger partial charge in [0.25, 0.3) is 0 Å². The minimum atomic E-state index is -0.953. The van der Waals surface area contributed by atoms with Gasteiger partial charge >= 0.3 is 12.0 Å². The van der Waals surface area contributed by atoms with Crippen molar-refractivity contribution in [2.45, 2.75) is 19.5 Å². The Morgan fingerprint density at radius 1 is 1.60 bits per heavy atom. The van der Waals surface area contributed by atoms with E-state index in [0.29, 0.717) is 12.2 Å². The number of nitrogens with zero attached hydrogens (tertiary/aromatic N) is 3. The minimum Gasteiger partial charge on any atom is -0.481 e. The lowest BCUT2D eigenvalue weighted by Crippen LogP contribution is -2.45. The van der Waals surface area contributed by atoms with Gasteiger partial charge in [0.15, 0.2) is 0 Å². The smallest absolute Gasteiger partial charge is 0.322 e. The molecule has 0 radical (unpaired) electrons. The quantitative estimate of drug-likeness (QED) is 0.836. The molecule has 0 spiro atoms. The summed E-state index contributed by atoms with van der Waals surface area (Å²) in [5, 5.41) is 15.8. The molecule has 1 saturated heterocycles. The van der Waals surface area contributed by atoms with Gasteiger partial charge in [0.2, 0.25) is 0 Å². The molecule has 1 aliphatic heterocycles.